The Bertz CT molecular complexity index is 1710. The van der Waals surface area contributed by atoms with Crippen LogP contribution in [0, 0.1) is 0 Å². The van der Waals surface area contributed by atoms with Crippen molar-refractivity contribution in [2.75, 3.05) is 20.2 Å². The van der Waals surface area contributed by atoms with Crippen LogP contribution in [0.15, 0.2) is 71.6 Å². The Morgan fingerprint density at radius 2 is 1.89 bits per heavy atom. The molecule has 3 heterocycles. The Labute approximate surface area is 219 Å². The molecule has 6 rings (SSSR count). The first-order valence-electron chi connectivity index (χ1n) is 12.3. The van der Waals surface area contributed by atoms with Gasteiger partial charge in [0, 0.05) is 30.1 Å². The molecule has 194 valence electrons. The standard InChI is InChI=1S/C27H26N6O4S/c1-37-19-9-11-20(12-10-19)38(35,36)33-14-4-5-18(16-33)28-27(34)17-8-13-22-21(15-17)25(32-31-22)26-29-23-6-2-3-7-24(23)30-26/h2-3,6-13,15,18H,4-5,14,16H2,1H3,(H,28,34)(H,29,30)(H,31,32). The number of piperidine rings is 1. The number of ether oxygens (including phenoxy) is 1. The van der Waals surface area contributed by atoms with Gasteiger partial charge in [-0.15, -0.1) is 0 Å². The number of carbonyl (C=O) groups excluding carboxylic acids is 1. The topological polar surface area (TPSA) is 133 Å². The summed E-state index contributed by atoms with van der Waals surface area (Å²) in [5.74, 6) is 0.935. The van der Waals surface area contributed by atoms with Gasteiger partial charge in [0.2, 0.25) is 10.0 Å². The minimum atomic E-state index is -3.69. The number of fused-ring (bicyclic) bond motifs is 2. The highest BCUT2D eigenvalue weighted by Gasteiger charge is 2.31. The van der Waals surface area contributed by atoms with Gasteiger partial charge in [-0.3, -0.25) is 9.89 Å². The second-order valence-corrected chi connectivity index (χ2v) is 11.2. The van der Waals surface area contributed by atoms with Crippen molar-refractivity contribution in [3.8, 4) is 17.3 Å². The number of hydrogen-bond acceptors (Lipinski definition) is 6. The van der Waals surface area contributed by atoms with Gasteiger partial charge in [-0.2, -0.15) is 9.40 Å². The number of H-pyrrole nitrogens is 2. The number of methoxy groups -OCH3 is 1. The van der Waals surface area contributed by atoms with Crippen molar-refractivity contribution in [2.45, 2.75) is 23.8 Å². The van der Waals surface area contributed by atoms with Gasteiger partial charge in [-0.1, -0.05) is 12.1 Å². The van der Waals surface area contributed by atoms with E-state index in [1.807, 2.05) is 30.3 Å². The van der Waals surface area contributed by atoms with Gasteiger partial charge in [0.15, 0.2) is 5.82 Å². The predicted octanol–water partition coefficient (Wildman–Crippen LogP) is 3.70. The number of sulfonamides is 1. The number of carbonyl (C=O) groups is 1. The van der Waals surface area contributed by atoms with Crippen LogP contribution in [0.2, 0.25) is 0 Å². The maximum atomic E-state index is 13.2. The molecular formula is C27H26N6O4S. The first-order valence-corrected chi connectivity index (χ1v) is 13.7. The average molecular weight is 531 g/mol. The number of aromatic nitrogens is 4. The number of para-hydroxylation sites is 2. The van der Waals surface area contributed by atoms with E-state index < -0.39 is 10.0 Å². The Kier molecular flexibility index (Phi) is 6.09. The lowest BCUT2D eigenvalue weighted by atomic mass is 10.1. The summed E-state index contributed by atoms with van der Waals surface area (Å²) < 4.78 is 33.0. The fraction of sp³-hybridized carbons (Fsp3) is 0.222. The van der Waals surface area contributed by atoms with Crippen molar-refractivity contribution in [1.29, 1.82) is 0 Å². The van der Waals surface area contributed by atoms with Crippen LogP contribution in [-0.2, 0) is 10.0 Å². The fourth-order valence-electron chi connectivity index (χ4n) is 4.84. The number of rotatable bonds is 6. The quantitative estimate of drug-likeness (QED) is 0.307. The molecule has 2 aromatic heterocycles. The van der Waals surface area contributed by atoms with Gasteiger partial charge in [0.1, 0.15) is 11.4 Å². The van der Waals surface area contributed by atoms with Crippen molar-refractivity contribution < 1.29 is 17.9 Å². The monoisotopic (exact) mass is 530 g/mol. The third-order valence-electron chi connectivity index (χ3n) is 6.86. The lowest BCUT2D eigenvalue weighted by Gasteiger charge is -2.32. The van der Waals surface area contributed by atoms with E-state index in [-0.39, 0.29) is 23.4 Å². The highest BCUT2D eigenvalue weighted by Crippen LogP contribution is 2.27. The molecule has 0 aliphatic carbocycles. The molecule has 3 N–H and O–H groups in total. The molecule has 1 saturated heterocycles. The molecule has 5 aromatic rings. The van der Waals surface area contributed by atoms with E-state index in [0.29, 0.717) is 42.2 Å². The van der Waals surface area contributed by atoms with Crippen molar-refractivity contribution in [2.24, 2.45) is 0 Å². The average Bonchev–Trinajstić information content (AvgIpc) is 3.57. The van der Waals surface area contributed by atoms with Gasteiger partial charge in [0.05, 0.1) is 28.6 Å². The van der Waals surface area contributed by atoms with Crippen molar-refractivity contribution in [1.82, 2.24) is 29.8 Å². The third-order valence-corrected chi connectivity index (χ3v) is 8.73. The lowest BCUT2D eigenvalue weighted by Crippen LogP contribution is -2.49. The molecule has 0 bridgehead atoms. The van der Waals surface area contributed by atoms with Crippen LogP contribution in [0.5, 0.6) is 5.75 Å². The minimum Gasteiger partial charge on any atom is -0.497 e. The molecule has 10 nitrogen and oxygen atoms in total. The summed E-state index contributed by atoms with van der Waals surface area (Å²) in [6.07, 6.45) is 1.34. The maximum absolute atomic E-state index is 13.2. The number of hydrogen-bond donors (Lipinski definition) is 3. The van der Waals surface area contributed by atoms with Gasteiger partial charge in [-0.25, -0.2) is 13.4 Å². The van der Waals surface area contributed by atoms with Crippen LogP contribution in [0.1, 0.15) is 23.2 Å². The Morgan fingerprint density at radius 1 is 1.08 bits per heavy atom. The van der Waals surface area contributed by atoms with Crippen molar-refractivity contribution >= 4 is 37.9 Å². The van der Waals surface area contributed by atoms with E-state index in [9.17, 15) is 13.2 Å². The summed E-state index contributed by atoms with van der Waals surface area (Å²) in [5, 5.41) is 11.2. The van der Waals surface area contributed by atoms with Gasteiger partial charge in [-0.05, 0) is 67.4 Å². The lowest BCUT2D eigenvalue weighted by molar-refractivity contribution is 0.0921. The van der Waals surface area contributed by atoms with Crippen LogP contribution >= 0.6 is 0 Å². The van der Waals surface area contributed by atoms with Gasteiger partial charge >= 0.3 is 0 Å². The Balaban J connectivity index is 1.20. The highest BCUT2D eigenvalue weighted by atomic mass is 32.2. The summed E-state index contributed by atoms with van der Waals surface area (Å²) in [6, 6.07) is 19.1. The molecule has 0 radical (unpaired) electrons. The summed E-state index contributed by atoms with van der Waals surface area (Å²) in [7, 11) is -2.15. The number of nitrogens with zero attached hydrogens (tertiary/aromatic N) is 3. The molecular weight excluding hydrogens is 504 g/mol. The van der Waals surface area contributed by atoms with Crippen LogP contribution in [0.3, 0.4) is 0 Å². The van der Waals surface area contributed by atoms with Crippen molar-refractivity contribution in [3.63, 3.8) is 0 Å². The molecule has 0 saturated carbocycles. The molecule has 38 heavy (non-hydrogen) atoms. The van der Waals surface area contributed by atoms with Crippen LogP contribution in [0.25, 0.3) is 33.5 Å². The smallest absolute Gasteiger partial charge is 0.251 e. The highest BCUT2D eigenvalue weighted by molar-refractivity contribution is 7.89. The minimum absolute atomic E-state index is 0.203. The molecule has 1 atom stereocenters. The van der Waals surface area contributed by atoms with E-state index in [4.69, 9.17) is 4.74 Å². The Hall–Kier alpha value is -4.22. The molecule has 1 aliphatic rings. The van der Waals surface area contributed by atoms with Crippen LogP contribution < -0.4 is 10.1 Å². The SMILES string of the molecule is COc1ccc(S(=O)(=O)N2CCCC(NC(=O)c3ccc4[nH]nc(-c5nc6ccccc6[nH]5)c4c3)C2)cc1. The maximum Gasteiger partial charge on any atom is 0.251 e. The number of benzene rings is 3. The predicted molar refractivity (Wildman–Crippen MR) is 143 cm³/mol. The molecule has 1 amide bonds. The van der Waals surface area contributed by atoms with Crippen molar-refractivity contribution in [3.05, 3.63) is 72.3 Å². The zero-order valence-corrected chi connectivity index (χ0v) is 21.5. The summed E-state index contributed by atoms with van der Waals surface area (Å²) in [4.78, 5) is 21.3. The van der Waals surface area contributed by atoms with Gasteiger partial charge < -0.3 is 15.0 Å². The van der Waals surface area contributed by atoms with E-state index in [2.05, 4.69) is 25.5 Å². The zero-order valence-electron chi connectivity index (χ0n) is 20.6. The fourth-order valence-corrected chi connectivity index (χ4v) is 6.37. The molecule has 1 fully saturated rings. The molecule has 1 aliphatic heterocycles. The molecule has 11 heteroatoms. The summed E-state index contributed by atoms with van der Waals surface area (Å²) in [6.45, 7) is 0.612. The second kappa shape index (κ2) is 9.58. The summed E-state index contributed by atoms with van der Waals surface area (Å²) >= 11 is 0. The number of imidazole rings is 1. The first-order chi connectivity index (χ1) is 18.4. The van der Waals surface area contributed by atoms with Crippen LogP contribution in [0.4, 0.5) is 0 Å². The number of amides is 1. The number of aromatic amines is 2. The third kappa shape index (κ3) is 4.39. The second-order valence-electron chi connectivity index (χ2n) is 9.29. The molecule has 0 spiro atoms. The normalized spacial score (nSPS) is 16.6. The number of nitrogens with one attached hydrogen (secondary N) is 3. The summed E-state index contributed by atoms with van der Waals surface area (Å²) in [5.41, 5.74) is 3.61. The van der Waals surface area contributed by atoms with Gasteiger partial charge in [0.25, 0.3) is 5.91 Å². The van der Waals surface area contributed by atoms with E-state index >= 15 is 0 Å². The first kappa shape index (κ1) is 24.1. The molecule has 1 unspecified atom stereocenters. The van der Waals surface area contributed by atoms with E-state index in [1.165, 1.54) is 23.5 Å². The largest absolute Gasteiger partial charge is 0.497 e. The van der Waals surface area contributed by atoms with E-state index in [1.54, 1.807) is 24.3 Å². The van der Waals surface area contributed by atoms with Crippen LogP contribution in [-0.4, -0.2) is 65.0 Å². The zero-order chi connectivity index (χ0) is 26.3. The van der Waals surface area contributed by atoms with E-state index in [0.717, 1.165) is 21.9 Å². The Morgan fingerprint density at radius 3 is 2.68 bits per heavy atom. The molecule has 3 aromatic carbocycles.